The number of carbonyl (C=O) groups is 2. The maximum atomic E-state index is 12.9. The molecule has 4 rings (SSSR count). The number of amides is 1. The van der Waals surface area contributed by atoms with E-state index in [1.165, 1.54) is 0 Å². The Bertz CT molecular complexity index is 1200. The Balaban J connectivity index is 1.63. The minimum Gasteiger partial charge on any atom is -0.497 e. The van der Waals surface area contributed by atoms with Crippen molar-refractivity contribution in [3.8, 4) is 5.75 Å². The molecule has 0 saturated heterocycles. The molecular formula is C23H18N2O4. The first kappa shape index (κ1) is 18.4. The van der Waals surface area contributed by atoms with Crippen LogP contribution in [-0.4, -0.2) is 23.8 Å². The van der Waals surface area contributed by atoms with Gasteiger partial charge in [-0.3, -0.25) is 14.6 Å². The van der Waals surface area contributed by atoms with E-state index in [9.17, 15) is 9.59 Å². The summed E-state index contributed by atoms with van der Waals surface area (Å²) in [5.74, 6) is 0.428. The summed E-state index contributed by atoms with van der Waals surface area (Å²) in [7, 11) is 1.57. The molecule has 0 aliphatic heterocycles. The number of rotatable bonds is 5. The number of nitrogens with zero attached hydrogens (tertiary/aromatic N) is 1. The summed E-state index contributed by atoms with van der Waals surface area (Å²) in [6.45, 7) is 1.84. The van der Waals surface area contributed by atoms with Gasteiger partial charge in [0.15, 0.2) is 5.76 Å². The SMILES string of the molecule is COc1ccc(C(=O)c2oc3cc(NC(=O)c4ccccn4)ccc3c2C)cc1. The van der Waals surface area contributed by atoms with E-state index in [-0.39, 0.29) is 17.5 Å². The highest BCUT2D eigenvalue weighted by atomic mass is 16.5. The van der Waals surface area contributed by atoms with Gasteiger partial charge in [-0.2, -0.15) is 0 Å². The lowest BCUT2D eigenvalue weighted by Crippen LogP contribution is -2.13. The molecule has 6 heteroatoms. The van der Waals surface area contributed by atoms with E-state index in [0.29, 0.717) is 28.3 Å². The van der Waals surface area contributed by atoms with Gasteiger partial charge in [-0.05, 0) is 55.5 Å². The molecular weight excluding hydrogens is 368 g/mol. The average molecular weight is 386 g/mol. The molecule has 0 saturated carbocycles. The Labute approximate surface area is 167 Å². The molecule has 0 bridgehead atoms. The van der Waals surface area contributed by atoms with Crippen LogP contribution in [0.5, 0.6) is 5.75 Å². The summed E-state index contributed by atoms with van der Waals surface area (Å²) in [6, 6.07) is 17.3. The Morgan fingerprint density at radius 2 is 1.83 bits per heavy atom. The molecule has 2 heterocycles. The van der Waals surface area contributed by atoms with Gasteiger partial charge in [-0.25, -0.2) is 0 Å². The highest BCUT2D eigenvalue weighted by Crippen LogP contribution is 2.29. The number of furan rings is 1. The molecule has 0 spiro atoms. The lowest BCUT2D eigenvalue weighted by Gasteiger charge is -2.04. The minimum atomic E-state index is -0.317. The molecule has 0 fully saturated rings. The molecule has 144 valence electrons. The number of nitrogens with one attached hydrogen (secondary N) is 1. The maximum absolute atomic E-state index is 12.9. The number of carbonyl (C=O) groups excluding carboxylic acids is 2. The topological polar surface area (TPSA) is 81.4 Å². The van der Waals surface area contributed by atoms with Crippen LogP contribution in [0, 0.1) is 6.92 Å². The highest BCUT2D eigenvalue weighted by molar-refractivity contribution is 6.11. The number of ether oxygens (including phenoxy) is 1. The number of methoxy groups -OCH3 is 1. The van der Waals surface area contributed by atoms with Crippen molar-refractivity contribution in [1.82, 2.24) is 4.98 Å². The zero-order valence-corrected chi connectivity index (χ0v) is 15.9. The zero-order chi connectivity index (χ0) is 20.4. The van der Waals surface area contributed by atoms with Crippen LogP contribution in [0.3, 0.4) is 0 Å². The van der Waals surface area contributed by atoms with Crippen LogP contribution >= 0.6 is 0 Å². The number of ketones is 1. The minimum absolute atomic E-state index is 0.208. The van der Waals surface area contributed by atoms with Gasteiger partial charge in [0.05, 0.1) is 7.11 Å². The monoisotopic (exact) mass is 386 g/mol. The predicted octanol–water partition coefficient (Wildman–Crippen LogP) is 4.63. The van der Waals surface area contributed by atoms with Gasteiger partial charge in [-0.1, -0.05) is 6.07 Å². The van der Waals surface area contributed by atoms with Crippen molar-refractivity contribution in [2.24, 2.45) is 0 Å². The number of hydrogen-bond donors (Lipinski definition) is 1. The first-order chi connectivity index (χ1) is 14.1. The van der Waals surface area contributed by atoms with Gasteiger partial charge >= 0.3 is 0 Å². The molecule has 2 aromatic carbocycles. The lowest BCUT2D eigenvalue weighted by atomic mass is 10.0. The molecule has 29 heavy (non-hydrogen) atoms. The van der Waals surface area contributed by atoms with Crippen molar-refractivity contribution in [3.05, 3.63) is 89.4 Å². The molecule has 0 atom stereocenters. The van der Waals surface area contributed by atoms with E-state index in [1.54, 1.807) is 67.9 Å². The summed E-state index contributed by atoms with van der Waals surface area (Å²) in [6.07, 6.45) is 1.56. The van der Waals surface area contributed by atoms with Gasteiger partial charge in [-0.15, -0.1) is 0 Å². The number of anilines is 1. The molecule has 6 nitrogen and oxygen atoms in total. The molecule has 1 amide bonds. The van der Waals surface area contributed by atoms with Gasteiger partial charge < -0.3 is 14.5 Å². The lowest BCUT2D eigenvalue weighted by molar-refractivity contribution is 0.100. The molecule has 0 aliphatic carbocycles. The second-order valence-corrected chi connectivity index (χ2v) is 6.49. The van der Waals surface area contributed by atoms with Gasteiger partial charge in [0.1, 0.15) is 17.0 Å². The summed E-state index contributed by atoms with van der Waals surface area (Å²) in [5, 5.41) is 3.61. The number of benzene rings is 2. The summed E-state index contributed by atoms with van der Waals surface area (Å²) < 4.78 is 11.0. The normalized spacial score (nSPS) is 10.7. The number of hydrogen-bond acceptors (Lipinski definition) is 5. The summed E-state index contributed by atoms with van der Waals surface area (Å²) in [5.41, 5.74) is 2.67. The van der Waals surface area contributed by atoms with Crippen LogP contribution < -0.4 is 10.1 Å². The van der Waals surface area contributed by atoms with E-state index in [1.807, 2.05) is 13.0 Å². The van der Waals surface area contributed by atoms with Crippen LogP contribution in [0.25, 0.3) is 11.0 Å². The quantitative estimate of drug-likeness (QED) is 0.506. The van der Waals surface area contributed by atoms with Crippen molar-refractivity contribution in [1.29, 1.82) is 0 Å². The highest BCUT2D eigenvalue weighted by Gasteiger charge is 2.20. The largest absolute Gasteiger partial charge is 0.497 e. The first-order valence-electron chi connectivity index (χ1n) is 9.01. The fraction of sp³-hybridized carbons (Fsp3) is 0.0870. The second-order valence-electron chi connectivity index (χ2n) is 6.49. The van der Waals surface area contributed by atoms with E-state index in [0.717, 1.165) is 10.9 Å². The van der Waals surface area contributed by atoms with Crippen LogP contribution in [0.1, 0.15) is 32.2 Å². The molecule has 0 unspecified atom stereocenters. The fourth-order valence-corrected chi connectivity index (χ4v) is 3.09. The van der Waals surface area contributed by atoms with Crippen LogP contribution in [-0.2, 0) is 0 Å². The third-order valence-electron chi connectivity index (χ3n) is 4.65. The standard InChI is InChI=1S/C23H18N2O4/c1-14-18-11-8-16(25-23(27)19-5-3-4-12-24-19)13-20(18)29-22(14)21(26)15-6-9-17(28-2)10-7-15/h3-13H,1-2H3,(H,25,27). The number of fused-ring (bicyclic) bond motifs is 1. The van der Waals surface area contributed by atoms with Crippen LogP contribution in [0.2, 0.25) is 0 Å². The summed E-state index contributed by atoms with van der Waals surface area (Å²) >= 11 is 0. The van der Waals surface area contributed by atoms with Crippen molar-refractivity contribution >= 4 is 28.3 Å². The predicted molar refractivity (Wildman–Crippen MR) is 110 cm³/mol. The van der Waals surface area contributed by atoms with Gasteiger partial charge in [0.2, 0.25) is 5.78 Å². The van der Waals surface area contributed by atoms with E-state index < -0.39 is 0 Å². The Morgan fingerprint density at radius 3 is 2.52 bits per heavy atom. The van der Waals surface area contributed by atoms with E-state index in [2.05, 4.69) is 10.3 Å². The number of aryl methyl sites for hydroxylation is 1. The summed E-state index contributed by atoms with van der Waals surface area (Å²) in [4.78, 5) is 29.2. The molecule has 4 aromatic rings. The second kappa shape index (κ2) is 7.59. The van der Waals surface area contributed by atoms with Crippen molar-refractivity contribution in [2.45, 2.75) is 6.92 Å². The van der Waals surface area contributed by atoms with Crippen molar-refractivity contribution in [2.75, 3.05) is 12.4 Å². The molecule has 0 aliphatic rings. The van der Waals surface area contributed by atoms with Crippen molar-refractivity contribution in [3.63, 3.8) is 0 Å². The van der Waals surface area contributed by atoms with Crippen molar-refractivity contribution < 1.29 is 18.7 Å². The maximum Gasteiger partial charge on any atom is 0.274 e. The van der Waals surface area contributed by atoms with Crippen LogP contribution in [0.4, 0.5) is 5.69 Å². The fourth-order valence-electron chi connectivity index (χ4n) is 3.09. The third kappa shape index (κ3) is 3.60. The third-order valence-corrected chi connectivity index (χ3v) is 4.65. The van der Waals surface area contributed by atoms with Gasteiger partial charge in [0, 0.05) is 34.5 Å². The Hall–Kier alpha value is -3.93. The smallest absolute Gasteiger partial charge is 0.274 e. The zero-order valence-electron chi connectivity index (χ0n) is 15.9. The molecule has 0 radical (unpaired) electrons. The Kier molecular flexibility index (Phi) is 4.83. The van der Waals surface area contributed by atoms with E-state index in [4.69, 9.17) is 9.15 Å². The molecule has 2 aromatic heterocycles. The average Bonchev–Trinajstić information content (AvgIpc) is 3.09. The van der Waals surface area contributed by atoms with E-state index >= 15 is 0 Å². The Morgan fingerprint density at radius 1 is 1.03 bits per heavy atom. The number of aromatic nitrogens is 1. The number of pyridine rings is 1. The van der Waals surface area contributed by atoms with Crippen LogP contribution in [0.15, 0.2) is 71.3 Å². The first-order valence-corrected chi connectivity index (χ1v) is 9.01. The van der Waals surface area contributed by atoms with Gasteiger partial charge in [0.25, 0.3) is 5.91 Å². The molecule has 1 N–H and O–H groups in total.